The SMILES string of the molecule is CCC(C)C(C)NCc1cn(CCO)nn1. The molecule has 0 radical (unpaired) electrons. The van der Waals surface area contributed by atoms with E-state index in [1.54, 1.807) is 4.68 Å². The van der Waals surface area contributed by atoms with Gasteiger partial charge >= 0.3 is 0 Å². The molecule has 0 aliphatic heterocycles. The molecule has 1 heterocycles. The van der Waals surface area contributed by atoms with Crippen LogP contribution in [-0.4, -0.2) is 32.7 Å². The van der Waals surface area contributed by atoms with Gasteiger partial charge in [-0.25, -0.2) is 4.68 Å². The third kappa shape index (κ3) is 3.90. The van der Waals surface area contributed by atoms with Crippen molar-refractivity contribution in [1.29, 1.82) is 0 Å². The fourth-order valence-corrected chi connectivity index (χ4v) is 1.45. The van der Waals surface area contributed by atoms with Crippen LogP contribution in [0.1, 0.15) is 32.9 Å². The van der Waals surface area contributed by atoms with Crippen molar-refractivity contribution in [2.45, 2.75) is 46.3 Å². The second kappa shape index (κ2) is 6.60. The molecule has 1 aromatic heterocycles. The minimum absolute atomic E-state index is 0.0967. The number of hydrogen-bond acceptors (Lipinski definition) is 4. The van der Waals surface area contributed by atoms with Crippen molar-refractivity contribution < 1.29 is 5.11 Å². The average Bonchev–Trinajstić information content (AvgIpc) is 2.73. The van der Waals surface area contributed by atoms with Gasteiger partial charge in [-0.05, 0) is 12.8 Å². The van der Waals surface area contributed by atoms with E-state index in [0.29, 0.717) is 18.5 Å². The van der Waals surface area contributed by atoms with Crippen LogP contribution in [0.4, 0.5) is 0 Å². The van der Waals surface area contributed by atoms with Crippen LogP contribution < -0.4 is 5.32 Å². The smallest absolute Gasteiger partial charge is 0.0964 e. The summed E-state index contributed by atoms with van der Waals surface area (Å²) in [5.74, 6) is 0.660. The Morgan fingerprint density at radius 3 is 2.88 bits per heavy atom. The first-order valence-electron chi connectivity index (χ1n) is 5.90. The monoisotopic (exact) mass is 226 g/mol. The third-order valence-corrected chi connectivity index (χ3v) is 3.02. The first-order valence-corrected chi connectivity index (χ1v) is 5.90. The number of hydrogen-bond donors (Lipinski definition) is 2. The summed E-state index contributed by atoms with van der Waals surface area (Å²) in [6.45, 7) is 7.96. The molecule has 0 spiro atoms. The fourth-order valence-electron chi connectivity index (χ4n) is 1.45. The van der Waals surface area contributed by atoms with Crippen molar-refractivity contribution in [2.24, 2.45) is 5.92 Å². The van der Waals surface area contributed by atoms with Gasteiger partial charge in [0, 0.05) is 18.8 Å². The average molecular weight is 226 g/mol. The van der Waals surface area contributed by atoms with E-state index in [0.717, 1.165) is 12.2 Å². The zero-order chi connectivity index (χ0) is 12.0. The Morgan fingerprint density at radius 1 is 1.50 bits per heavy atom. The van der Waals surface area contributed by atoms with Crippen LogP contribution >= 0.6 is 0 Å². The molecule has 0 bridgehead atoms. The minimum Gasteiger partial charge on any atom is -0.394 e. The van der Waals surface area contributed by atoms with Gasteiger partial charge < -0.3 is 10.4 Å². The fraction of sp³-hybridized carbons (Fsp3) is 0.818. The molecule has 1 rings (SSSR count). The summed E-state index contributed by atoms with van der Waals surface area (Å²) in [6, 6.07) is 0.480. The van der Waals surface area contributed by atoms with Crippen LogP contribution in [0.3, 0.4) is 0 Å². The zero-order valence-corrected chi connectivity index (χ0v) is 10.3. The summed E-state index contributed by atoms with van der Waals surface area (Å²) in [7, 11) is 0. The van der Waals surface area contributed by atoms with Gasteiger partial charge in [0.2, 0.25) is 0 Å². The summed E-state index contributed by atoms with van der Waals surface area (Å²) in [5.41, 5.74) is 0.920. The zero-order valence-electron chi connectivity index (χ0n) is 10.3. The van der Waals surface area contributed by atoms with Gasteiger partial charge in [-0.3, -0.25) is 0 Å². The lowest BCUT2D eigenvalue weighted by Gasteiger charge is -2.18. The van der Waals surface area contributed by atoms with Crippen molar-refractivity contribution in [2.75, 3.05) is 6.61 Å². The highest BCUT2D eigenvalue weighted by atomic mass is 16.3. The summed E-state index contributed by atoms with van der Waals surface area (Å²) in [4.78, 5) is 0. The molecule has 0 saturated carbocycles. The molecule has 0 amide bonds. The van der Waals surface area contributed by atoms with E-state index < -0.39 is 0 Å². The topological polar surface area (TPSA) is 63.0 Å². The highest BCUT2D eigenvalue weighted by molar-refractivity contribution is 4.92. The Morgan fingerprint density at radius 2 is 2.25 bits per heavy atom. The van der Waals surface area contributed by atoms with Crippen molar-refractivity contribution in [3.05, 3.63) is 11.9 Å². The molecule has 2 N–H and O–H groups in total. The maximum Gasteiger partial charge on any atom is 0.0964 e. The van der Waals surface area contributed by atoms with E-state index in [1.165, 1.54) is 6.42 Å². The predicted molar refractivity (Wildman–Crippen MR) is 62.9 cm³/mol. The van der Waals surface area contributed by atoms with Crippen LogP contribution in [-0.2, 0) is 13.1 Å². The second-order valence-corrected chi connectivity index (χ2v) is 4.25. The molecule has 16 heavy (non-hydrogen) atoms. The standard InChI is InChI=1S/C11H22N4O/c1-4-9(2)10(3)12-7-11-8-15(5-6-16)14-13-11/h8-10,12,16H,4-7H2,1-3H3. The van der Waals surface area contributed by atoms with Crippen molar-refractivity contribution in [1.82, 2.24) is 20.3 Å². The third-order valence-electron chi connectivity index (χ3n) is 3.02. The van der Waals surface area contributed by atoms with Crippen LogP contribution in [0.2, 0.25) is 0 Å². The highest BCUT2D eigenvalue weighted by Crippen LogP contribution is 2.07. The Hall–Kier alpha value is -0.940. The molecule has 0 fully saturated rings. The van der Waals surface area contributed by atoms with Gasteiger partial charge in [-0.15, -0.1) is 5.10 Å². The van der Waals surface area contributed by atoms with E-state index in [2.05, 4.69) is 36.4 Å². The van der Waals surface area contributed by atoms with Gasteiger partial charge in [-0.2, -0.15) is 0 Å². The van der Waals surface area contributed by atoms with Gasteiger partial charge in [0.15, 0.2) is 0 Å². The van der Waals surface area contributed by atoms with Crippen LogP contribution in [0.15, 0.2) is 6.20 Å². The van der Waals surface area contributed by atoms with Gasteiger partial charge in [0.25, 0.3) is 0 Å². The van der Waals surface area contributed by atoms with Crippen molar-refractivity contribution in [3.63, 3.8) is 0 Å². The van der Waals surface area contributed by atoms with Gasteiger partial charge in [-0.1, -0.05) is 25.5 Å². The van der Waals surface area contributed by atoms with Gasteiger partial charge in [0.1, 0.15) is 0 Å². The molecule has 5 heteroatoms. The van der Waals surface area contributed by atoms with E-state index in [4.69, 9.17) is 5.11 Å². The first kappa shape index (κ1) is 13.1. The lowest BCUT2D eigenvalue weighted by molar-refractivity contribution is 0.268. The lowest BCUT2D eigenvalue weighted by atomic mass is 10.0. The minimum atomic E-state index is 0.0967. The maximum atomic E-state index is 8.75. The Kier molecular flexibility index (Phi) is 5.42. The second-order valence-electron chi connectivity index (χ2n) is 4.25. The number of rotatable bonds is 7. The normalized spacial score (nSPS) is 15.0. The van der Waals surface area contributed by atoms with Crippen LogP contribution in [0.25, 0.3) is 0 Å². The number of nitrogens with zero attached hydrogens (tertiary/aromatic N) is 3. The molecule has 92 valence electrons. The predicted octanol–water partition coefficient (Wildman–Crippen LogP) is 0.795. The molecule has 1 aromatic rings. The molecular weight excluding hydrogens is 204 g/mol. The highest BCUT2D eigenvalue weighted by Gasteiger charge is 2.10. The number of aliphatic hydroxyl groups excluding tert-OH is 1. The van der Waals surface area contributed by atoms with E-state index in [9.17, 15) is 0 Å². The van der Waals surface area contributed by atoms with Crippen molar-refractivity contribution in [3.8, 4) is 0 Å². The quantitative estimate of drug-likeness (QED) is 0.721. The van der Waals surface area contributed by atoms with Gasteiger partial charge in [0.05, 0.1) is 18.8 Å². The first-order chi connectivity index (χ1) is 7.67. The Labute approximate surface area is 96.9 Å². The molecule has 0 aliphatic rings. The summed E-state index contributed by atoms with van der Waals surface area (Å²) in [5, 5.41) is 20.1. The molecular formula is C11H22N4O. The summed E-state index contributed by atoms with van der Waals surface area (Å²) >= 11 is 0. The lowest BCUT2D eigenvalue weighted by Crippen LogP contribution is -2.31. The molecule has 2 unspecified atom stereocenters. The molecule has 0 aromatic carbocycles. The van der Waals surface area contributed by atoms with Crippen molar-refractivity contribution >= 4 is 0 Å². The van der Waals surface area contributed by atoms with Crippen LogP contribution in [0, 0.1) is 5.92 Å². The Bertz CT molecular complexity index is 300. The maximum absolute atomic E-state index is 8.75. The van der Waals surface area contributed by atoms with E-state index in [-0.39, 0.29) is 6.61 Å². The largest absolute Gasteiger partial charge is 0.394 e. The number of aromatic nitrogens is 3. The summed E-state index contributed by atoms with van der Waals surface area (Å²) < 4.78 is 1.66. The number of nitrogens with one attached hydrogen (secondary N) is 1. The molecule has 0 aliphatic carbocycles. The van der Waals surface area contributed by atoms with E-state index in [1.807, 2.05) is 6.20 Å². The van der Waals surface area contributed by atoms with E-state index >= 15 is 0 Å². The van der Waals surface area contributed by atoms with Crippen LogP contribution in [0.5, 0.6) is 0 Å². The number of aliphatic hydroxyl groups is 1. The summed E-state index contributed by atoms with van der Waals surface area (Å²) in [6.07, 6.45) is 3.04. The molecule has 0 saturated heterocycles. The Balaban J connectivity index is 2.36. The molecule has 2 atom stereocenters. The molecule has 5 nitrogen and oxygen atoms in total.